The molecule has 1 aromatic rings. The van der Waals surface area contributed by atoms with Gasteiger partial charge in [0.25, 0.3) is 0 Å². The SMILES string of the molecule is O=C(Cc1ccsc1)NC1(CO)CCC1. The quantitative estimate of drug-likeness (QED) is 0.812. The zero-order valence-electron chi connectivity index (χ0n) is 8.53. The van der Waals surface area contributed by atoms with Crippen molar-refractivity contribution in [1.29, 1.82) is 0 Å². The maximum Gasteiger partial charge on any atom is 0.224 e. The smallest absolute Gasteiger partial charge is 0.224 e. The van der Waals surface area contributed by atoms with Crippen molar-refractivity contribution in [2.75, 3.05) is 6.61 Å². The van der Waals surface area contributed by atoms with E-state index in [1.165, 1.54) is 0 Å². The van der Waals surface area contributed by atoms with Crippen LogP contribution in [-0.2, 0) is 11.2 Å². The highest BCUT2D eigenvalue weighted by molar-refractivity contribution is 7.07. The van der Waals surface area contributed by atoms with Gasteiger partial charge in [0.15, 0.2) is 0 Å². The van der Waals surface area contributed by atoms with Gasteiger partial charge in [-0.2, -0.15) is 11.3 Å². The van der Waals surface area contributed by atoms with Gasteiger partial charge in [-0.3, -0.25) is 4.79 Å². The zero-order valence-corrected chi connectivity index (χ0v) is 9.35. The first-order valence-corrected chi connectivity index (χ1v) is 6.11. The molecule has 1 aliphatic carbocycles. The van der Waals surface area contributed by atoms with Crippen LogP contribution in [0.4, 0.5) is 0 Å². The second-order valence-electron chi connectivity index (χ2n) is 4.15. The van der Waals surface area contributed by atoms with Crippen LogP contribution in [0.3, 0.4) is 0 Å². The molecular formula is C11H15NO2S. The van der Waals surface area contributed by atoms with Gasteiger partial charge in [-0.1, -0.05) is 0 Å². The van der Waals surface area contributed by atoms with Crippen molar-refractivity contribution in [2.24, 2.45) is 0 Å². The van der Waals surface area contributed by atoms with Crippen LogP contribution in [0.25, 0.3) is 0 Å². The number of rotatable bonds is 4. The Morgan fingerprint density at radius 3 is 2.87 bits per heavy atom. The fourth-order valence-electron chi connectivity index (χ4n) is 1.84. The molecule has 1 heterocycles. The molecule has 1 saturated carbocycles. The second-order valence-corrected chi connectivity index (χ2v) is 4.93. The molecule has 1 fully saturated rings. The van der Waals surface area contributed by atoms with E-state index in [0.29, 0.717) is 6.42 Å². The van der Waals surface area contributed by atoms with Crippen LogP contribution < -0.4 is 5.32 Å². The molecule has 1 aromatic heterocycles. The average molecular weight is 225 g/mol. The Morgan fingerprint density at radius 1 is 1.60 bits per heavy atom. The average Bonchev–Trinajstić information content (AvgIpc) is 2.64. The van der Waals surface area contributed by atoms with E-state index in [0.717, 1.165) is 24.8 Å². The minimum atomic E-state index is -0.312. The van der Waals surface area contributed by atoms with Gasteiger partial charge in [-0.05, 0) is 41.7 Å². The summed E-state index contributed by atoms with van der Waals surface area (Å²) in [4.78, 5) is 11.7. The molecule has 4 heteroatoms. The van der Waals surface area contributed by atoms with Crippen LogP contribution in [0, 0.1) is 0 Å². The predicted molar refractivity (Wildman–Crippen MR) is 59.8 cm³/mol. The van der Waals surface area contributed by atoms with E-state index in [2.05, 4.69) is 5.32 Å². The van der Waals surface area contributed by atoms with E-state index in [-0.39, 0.29) is 18.1 Å². The van der Waals surface area contributed by atoms with Crippen LogP contribution in [0.15, 0.2) is 16.8 Å². The minimum absolute atomic E-state index is 0.0159. The minimum Gasteiger partial charge on any atom is -0.394 e. The van der Waals surface area contributed by atoms with E-state index in [4.69, 9.17) is 0 Å². The molecule has 82 valence electrons. The summed E-state index contributed by atoms with van der Waals surface area (Å²) in [5.74, 6) is 0.0159. The standard InChI is InChI=1S/C11H15NO2S/c13-8-11(3-1-4-11)12-10(14)6-9-2-5-15-7-9/h2,5,7,13H,1,3-4,6,8H2,(H,12,14). The van der Waals surface area contributed by atoms with Gasteiger partial charge in [0.1, 0.15) is 0 Å². The zero-order chi connectivity index (χ0) is 10.7. The number of carbonyl (C=O) groups is 1. The lowest BCUT2D eigenvalue weighted by Gasteiger charge is -2.40. The molecule has 0 aliphatic heterocycles. The molecule has 15 heavy (non-hydrogen) atoms. The summed E-state index contributed by atoms with van der Waals surface area (Å²) < 4.78 is 0. The van der Waals surface area contributed by atoms with Gasteiger partial charge in [0.05, 0.1) is 18.6 Å². The summed E-state index contributed by atoms with van der Waals surface area (Å²) >= 11 is 1.60. The van der Waals surface area contributed by atoms with Crippen molar-refractivity contribution in [2.45, 2.75) is 31.2 Å². The highest BCUT2D eigenvalue weighted by Crippen LogP contribution is 2.31. The highest BCUT2D eigenvalue weighted by Gasteiger charge is 2.37. The molecule has 2 rings (SSSR count). The topological polar surface area (TPSA) is 49.3 Å². The molecule has 0 atom stereocenters. The second kappa shape index (κ2) is 4.33. The summed E-state index contributed by atoms with van der Waals surface area (Å²) in [6, 6.07) is 1.95. The first kappa shape index (κ1) is 10.6. The van der Waals surface area contributed by atoms with Crippen molar-refractivity contribution >= 4 is 17.2 Å². The first-order valence-electron chi connectivity index (χ1n) is 5.17. The van der Waals surface area contributed by atoms with Gasteiger partial charge in [0, 0.05) is 0 Å². The van der Waals surface area contributed by atoms with Crippen molar-refractivity contribution in [1.82, 2.24) is 5.32 Å². The van der Waals surface area contributed by atoms with Crippen LogP contribution in [0.1, 0.15) is 24.8 Å². The molecule has 2 N–H and O–H groups in total. The molecule has 0 unspecified atom stereocenters. The van der Waals surface area contributed by atoms with Gasteiger partial charge in [0.2, 0.25) is 5.91 Å². The number of hydrogen-bond donors (Lipinski definition) is 2. The lowest BCUT2D eigenvalue weighted by molar-refractivity contribution is -0.124. The Hall–Kier alpha value is -0.870. The van der Waals surface area contributed by atoms with Gasteiger partial charge < -0.3 is 10.4 Å². The van der Waals surface area contributed by atoms with Crippen molar-refractivity contribution in [3.05, 3.63) is 22.4 Å². The van der Waals surface area contributed by atoms with E-state index in [9.17, 15) is 9.90 Å². The fraction of sp³-hybridized carbons (Fsp3) is 0.545. The predicted octanol–water partition coefficient (Wildman–Crippen LogP) is 1.32. The van der Waals surface area contributed by atoms with E-state index >= 15 is 0 Å². The Labute approximate surface area is 93.1 Å². The maximum atomic E-state index is 11.7. The lowest BCUT2D eigenvalue weighted by atomic mass is 9.77. The molecule has 1 amide bonds. The van der Waals surface area contributed by atoms with E-state index in [1.54, 1.807) is 11.3 Å². The monoisotopic (exact) mass is 225 g/mol. The number of thiophene rings is 1. The molecule has 1 aliphatic rings. The summed E-state index contributed by atoms with van der Waals surface area (Å²) in [6.07, 6.45) is 3.32. The van der Waals surface area contributed by atoms with Crippen molar-refractivity contribution in [3.63, 3.8) is 0 Å². The third-order valence-corrected chi connectivity index (χ3v) is 3.69. The summed E-state index contributed by atoms with van der Waals surface area (Å²) in [6.45, 7) is 0.0579. The van der Waals surface area contributed by atoms with Crippen molar-refractivity contribution in [3.8, 4) is 0 Å². The van der Waals surface area contributed by atoms with Crippen LogP contribution in [0.2, 0.25) is 0 Å². The van der Waals surface area contributed by atoms with E-state index < -0.39 is 0 Å². The number of aliphatic hydroxyl groups excluding tert-OH is 1. The summed E-state index contributed by atoms with van der Waals surface area (Å²) in [5.41, 5.74) is 0.734. The largest absolute Gasteiger partial charge is 0.394 e. The molecule has 3 nitrogen and oxygen atoms in total. The fourth-order valence-corrected chi connectivity index (χ4v) is 2.51. The Balaban J connectivity index is 1.87. The Morgan fingerprint density at radius 2 is 2.40 bits per heavy atom. The summed E-state index contributed by atoms with van der Waals surface area (Å²) in [5, 5.41) is 16.1. The van der Waals surface area contributed by atoms with Gasteiger partial charge in [-0.25, -0.2) is 0 Å². The number of aliphatic hydroxyl groups is 1. The van der Waals surface area contributed by atoms with Crippen LogP contribution >= 0.6 is 11.3 Å². The molecule has 0 bridgehead atoms. The van der Waals surface area contributed by atoms with Crippen LogP contribution in [0.5, 0.6) is 0 Å². The summed E-state index contributed by atoms with van der Waals surface area (Å²) in [7, 11) is 0. The molecule has 0 radical (unpaired) electrons. The molecule has 0 saturated heterocycles. The molecule has 0 spiro atoms. The molecule has 0 aromatic carbocycles. The van der Waals surface area contributed by atoms with Gasteiger partial charge in [-0.15, -0.1) is 0 Å². The Bertz CT molecular complexity index is 325. The third kappa shape index (κ3) is 2.38. The first-order chi connectivity index (χ1) is 7.24. The maximum absolute atomic E-state index is 11.7. The Kier molecular flexibility index (Phi) is 3.07. The number of amides is 1. The number of carbonyl (C=O) groups excluding carboxylic acids is 1. The lowest BCUT2D eigenvalue weighted by Crippen LogP contribution is -2.56. The van der Waals surface area contributed by atoms with Crippen molar-refractivity contribution < 1.29 is 9.90 Å². The van der Waals surface area contributed by atoms with Crippen LogP contribution in [-0.4, -0.2) is 23.2 Å². The number of nitrogens with one attached hydrogen (secondary N) is 1. The third-order valence-electron chi connectivity index (χ3n) is 2.96. The normalized spacial score (nSPS) is 18.2. The van der Waals surface area contributed by atoms with Gasteiger partial charge >= 0.3 is 0 Å². The molecular weight excluding hydrogens is 210 g/mol. The highest BCUT2D eigenvalue weighted by atomic mass is 32.1. The number of hydrogen-bond acceptors (Lipinski definition) is 3. The van der Waals surface area contributed by atoms with E-state index in [1.807, 2.05) is 16.8 Å².